The number of rotatable bonds is 7. The third kappa shape index (κ3) is 6.43. The van der Waals surface area contributed by atoms with E-state index in [0.29, 0.717) is 28.8 Å². The highest BCUT2D eigenvalue weighted by molar-refractivity contribution is 7.80. The van der Waals surface area contributed by atoms with Gasteiger partial charge in [-0.05, 0) is 77.9 Å². The summed E-state index contributed by atoms with van der Waals surface area (Å²) in [4.78, 5) is 0. The van der Waals surface area contributed by atoms with Gasteiger partial charge in [0.25, 0.3) is 0 Å². The summed E-state index contributed by atoms with van der Waals surface area (Å²) in [5, 5.41) is 7.98. The van der Waals surface area contributed by atoms with Gasteiger partial charge in [0.05, 0.1) is 13.3 Å². The number of hydrazone groups is 1. The van der Waals surface area contributed by atoms with Crippen LogP contribution in [0.4, 0.5) is 10.1 Å². The van der Waals surface area contributed by atoms with Gasteiger partial charge < -0.3 is 14.8 Å². The molecule has 154 valence electrons. The maximum atomic E-state index is 12.9. The van der Waals surface area contributed by atoms with E-state index in [4.69, 9.17) is 33.3 Å². The van der Waals surface area contributed by atoms with Crippen LogP contribution in [0, 0.1) is 5.82 Å². The number of benzene rings is 3. The van der Waals surface area contributed by atoms with Gasteiger partial charge in [-0.25, -0.2) is 4.39 Å². The summed E-state index contributed by atoms with van der Waals surface area (Å²) in [6.07, 6.45) is 1.60. The standard InChI is InChI=1S/C22H19ClFN3O2S/c1-28-21-12-16(4-11-20(21)29-14-15-2-5-17(23)6-3-15)13-25-27-22(30)26-19-9-7-18(24)8-10-19/h2-13H,14H2,1H3,(H2,26,27,30)/b25-13-. The molecule has 0 bridgehead atoms. The van der Waals surface area contributed by atoms with Crippen LogP contribution >= 0.6 is 23.8 Å². The Hall–Kier alpha value is -3.16. The molecule has 0 fully saturated rings. The van der Waals surface area contributed by atoms with Gasteiger partial charge in [-0.15, -0.1) is 0 Å². The Balaban J connectivity index is 1.56. The van der Waals surface area contributed by atoms with Crippen molar-refractivity contribution in [2.75, 3.05) is 12.4 Å². The van der Waals surface area contributed by atoms with E-state index in [1.165, 1.54) is 12.1 Å². The van der Waals surface area contributed by atoms with Gasteiger partial charge >= 0.3 is 0 Å². The summed E-state index contributed by atoms with van der Waals surface area (Å²) < 4.78 is 24.2. The zero-order valence-corrected chi connectivity index (χ0v) is 17.6. The second-order valence-corrected chi connectivity index (χ2v) is 7.00. The van der Waals surface area contributed by atoms with Crippen LogP contribution in [0.15, 0.2) is 71.8 Å². The maximum absolute atomic E-state index is 12.9. The Morgan fingerprint density at radius 3 is 2.50 bits per heavy atom. The van der Waals surface area contributed by atoms with Gasteiger partial charge in [0.15, 0.2) is 16.6 Å². The molecule has 0 amide bonds. The normalized spacial score (nSPS) is 10.6. The first-order chi connectivity index (χ1) is 14.5. The Labute approximate surface area is 184 Å². The lowest BCUT2D eigenvalue weighted by Gasteiger charge is -2.11. The average molecular weight is 444 g/mol. The van der Waals surface area contributed by atoms with Crippen LogP contribution < -0.4 is 20.2 Å². The zero-order chi connectivity index (χ0) is 21.3. The molecular weight excluding hydrogens is 425 g/mol. The number of nitrogens with zero attached hydrogens (tertiary/aromatic N) is 1. The minimum Gasteiger partial charge on any atom is -0.493 e. The molecule has 0 saturated carbocycles. The molecule has 0 spiro atoms. The van der Waals surface area contributed by atoms with Gasteiger partial charge in [-0.3, -0.25) is 5.43 Å². The predicted molar refractivity (Wildman–Crippen MR) is 122 cm³/mol. The molecule has 3 rings (SSSR count). The van der Waals surface area contributed by atoms with E-state index in [9.17, 15) is 4.39 Å². The quantitative estimate of drug-likeness (QED) is 0.291. The van der Waals surface area contributed by atoms with Gasteiger partial charge in [0.2, 0.25) is 0 Å². The van der Waals surface area contributed by atoms with Gasteiger partial charge in [-0.1, -0.05) is 23.7 Å². The van der Waals surface area contributed by atoms with Crippen molar-refractivity contribution in [1.29, 1.82) is 0 Å². The third-order valence-electron chi connectivity index (χ3n) is 3.98. The largest absolute Gasteiger partial charge is 0.493 e. The molecular formula is C22H19ClFN3O2S. The van der Waals surface area contributed by atoms with Crippen molar-refractivity contribution in [2.45, 2.75) is 6.61 Å². The van der Waals surface area contributed by atoms with Crippen LogP contribution in [-0.4, -0.2) is 18.4 Å². The minimum absolute atomic E-state index is 0.285. The minimum atomic E-state index is -0.313. The van der Waals surface area contributed by atoms with Crippen molar-refractivity contribution in [3.05, 3.63) is 88.7 Å². The van der Waals surface area contributed by atoms with E-state index in [0.717, 1.165) is 11.1 Å². The third-order valence-corrected chi connectivity index (χ3v) is 4.42. The molecule has 0 heterocycles. The van der Waals surface area contributed by atoms with Gasteiger partial charge in [-0.2, -0.15) is 5.10 Å². The first-order valence-electron chi connectivity index (χ1n) is 8.94. The molecule has 3 aromatic rings. The van der Waals surface area contributed by atoms with Crippen LogP contribution in [0.1, 0.15) is 11.1 Å². The fraction of sp³-hybridized carbons (Fsp3) is 0.0909. The van der Waals surface area contributed by atoms with Crippen molar-refractivity contribution >= 4 is 40.8 Å². The molecule has 0 saturated heterocycles. The lowest BCUT2D eigenvalue weighted by Crippen LogP contribution is -2.23. The number of methoxy groups -OCH3 is 1. The topological polar surface area (TPSA) is 54.9 Å². The summed E-state index contributed by atoms with van der Waals surface area (Å²) in [5.74, 6) is 0.887. The number of anilines is 1. The van der Waals surface area contributed by atoms with Crippen LogP contribution in [0.5, 0.6) is 11.5 Å². The lowest BCUT2D eigenvalue weighted by atomic mass is 10.2. The molecule has 3 aromatic carbocycles. The number of ether oxygens (including phenoxy) is 2. The van der Waals surface area contributed by atoms with E-state index in [2.05, 4.69) is 15.8 Å². The molecule has 0 aliphatic heterocycles. The monoisotopic (exact) mass is 443 g/mol. The Morgan fingerprint density at radius 1 is 1.07 bits per heavy atom. The molecule has 0 radical (unpaired) electrons. The Kier molecular flexibility index (Phi) is 7.59. The highest BCUT2D eigenvalue weighted by Gasteiger charge is 2.06. The predicted octanol–water partition coefficient (Wildman–Crippen LogP) is 5.39. The van der Waals surface area contributed by atoms with Crippen LogP contribution in [0.2, 0.25) is 5.02 Å². The molecule has 0 aromatic heterocycles. The molecule has 0 unspecified atom stereocenters. The Bertz CT molecular complexity index is 1030. The van der Waals surface area contributed by atoms with E-state index < -0.39 is 0 Å². The SMILES string of the molecule is COc1cc(/C=N\NC(=S)Nc2ccc(F)cc2)ccc1OCc1ccc(Cl)cc1. The molecule has 2 N–H and O–H groups in total. The number of hydrogen-bond acceptors (Lipinski definition) is 4. The highest BCUT2D eigenvalue weighted by Crippen LogP contribution is 2.28. The number of hydrogen-bond donors (Lipinski definition) is 2. The number of halogens is 2. The molecule has 30 heavy (non-hydrogen) atoms. The zero-order valence-electron chi connectivity index (χ0n) is 16.1. The second-order valence-electron chi connectivity index (χ2n) is 6.16. The fourth-order valence-corrected chi connectivity index (χ4v) is 2.78. The maximum Gasteiger partial charge on any atom is 0.191 e. The fourth-order valence-electron chi connectivity index (χ4n) is 2.48. The van der Waals surface area contributed by atoms with E-state index in [1.807, 2.05) is 36.4 Å². The highest BCUT2D eigenvalue weighted by atomic mass is 35.5. The smallest absolute Gasteiger partial charge is 0.191 e. The second kappa shape index (κ2) is 10.6. The summed E-state index contributed by atoms with van der Waals surface area (Å²) in [7, 11) is 1.57. The molecule has 8 heteroatoms. The van der Waals surface area contributed by atoms with Crippen molar-refractivity contribution in [1.82, 2.24) is 5.43 Å². The lowest BCUT2D eigenvalue weighted by molar-refractivity contribution is 0.284. The van der Waals surface area contributed by atoms with Crippen LogP contribution in [0.3, 0.4) is 0 Å². The van der Waals surface area contributed by atoms with Crippen molar-refractivity contribution in [3.8, 4) is 11.5 Å². The summed E-state index contributed by atoms with van der Waals surface area (Å²) in [6.45, 7) is 0.395. The molecule has 0 aliphatic carbocycles. The van der Waals surface area contributed by atoms with Crippen molar-refractivity contribution in [2.24, 2.45) is 5.10 Å². The Morgan fingerprint density at radius 2 is 1.80 bits per heavy atom. The first-order valence-corrected chi connectivity index (χ1v) is 9.73. The molecule has 0 atom stereocenters. The van der Waals surface area contributed by atoms with Gasteiger partial charge in [0, 0.05) is 10.7 Å². The summed E-state index contributed by atoms with van der Waals surface area (Å²) in [5.41, 5.74) is 5.16. The van der Waals surface area contributed by atoms with Gasteiger partial charge in [0.1, 0.15) is 12.4 Å². The van der Waals surface area contributed by atoms with E-state index in [1.54, 1.807) is 31.5 Å². The number of thiocarbonyl (C=S) groups is 1. The van der Waals surface area contributed by atoms with Crippen molar-refractivity contribution < 1.29 is 13.9 Å². The molecule has 5 nitrogen and oxygen atoms in total. The van der Waals surface area contributed by atoms with E-state index in [-0.39, 0.29) is 10.9 Å². The number of nitrogens with one attached hydrogen (secondary N) is 2. The first kappa shape index (κ1) is 21.5. The van der Waals surface area contributed by atoms with Crippen LogP contribution in [0.25, 0.3) is 0 Å². The van der Waals surface area contributed by atoms with Crippen LogP contribution in [-0.2, 0) is 6.61 Å². The summed E-state index contributed by atoms with van der Waals surface area (Å²) in [6, 6.07) is 18.8. The summed E-state index contributed by atoms with van der Waals surface area (Å²) >= 11 is 11.1. The average Bonchev–Trinajstić information content (AvgIpc) is 2.75. The van der Waals surface area contributed by atoms with Crippen molar-refractivity contribution in [3.63, 3.8) is 0 Å². The van der Waals surface area contributed by atoms with E-state index >= 15 is 0 Å². The molecule has 0 aliphatic rings.